The molecule has 0 atom stereocenters. The lowest BCUT2D eigenvalue weighted by Crippen LogP contribution is -2.01. The summed E-state index contributed by atoms with van der Waals surface area (Å²) in [7, 11) is 0. The average molecular weight is 289 g/mol. The van der Waals surface area contributed by atoms with Gasteiger partial charge in [-0.2, -0.15) is 0 Å². The van der Waals surface area contributed by atoms with Crippen molar-refractivity contribution in [1.82, 2.24) is 0 Å². The molecular formula is C12H14BrFO2. The van der Waals surface area contributed by atoms with Gasteiger partial charge < -0.3 is 4.74 Å². The molecule has 0 amide bonds. The van der Waals surface area contributed by atoms with Crippen LogP contribution in [0.3, 0.4) is 0 Å². The van der Waals surface area contributed by atoms with Crippen molar-refractivity contribution in [2.75, 3.05) is 11.9 Å². The number of ketones is 1. The van der Waals surface area contributed by atoms with Gasteiger partial charge in [-0.25, -0.2) is 4.39 Å². The van der Waals surface area contributed by atoms with Crippen LogP contribution in [0.1, 0.15) is 30.1 Å². The van der Waals surface area contributed by atoms with Gasteiger partial charge in [-0.15, -0.1) is 0 Å². The Bertz CT molecular complexity index is 366. The number of hydrogen-bond acceptors (Lipinski definition) is 2. The van der Waals surface area contributed by atoms with Gasteiger partial charge in [0.05, 0.1) is 12.2 Å². The van der Waals surface area contributed by atoms with E-state index in [1.54, 1.807) is 6.07 Å². The summed E-state index contributed by atoms with van der Waals surface area (Å²) in [6.45, 7) is 1.90. The molecule has 1 aromatic carbocycles. The van der Waals surface area contributed by atoms with Crippen LogP contribution in [0.15, 0.2) is 18.2 Å². The highest BCUT2D eigenvalue weighted by Crippen LogP contribution is 2.17. The third kappa shape index (κ3) is 3.93. The maximum atomic E-state index is 13.4. The molecule has 0 unspecified atom stereocenters. The highest BCUT2D eigenvalue weighted by Gasteiger charge is 2.07. The molecule has 0 spiro atoms. The first-order chi connectivity index (χ1) is 7.65. The second-order valence-corrected chi connectivity index (χ2v) is 4.24. The van der Waals surface area contributed by atoms with Crippen molar-refractivity contribution in [2.24, 2.45) is 0 Å². The van der Waals surface area contributed by atoms with Crippen LogP contribution in [0.25, 0.3) is 0 Å². The van der Waals surface area contributed by atoms with Crippen LogP contribution in [0.5, 0.6) is 5.75 Å². The largest absolute Gasteiger partial charge is 0.493 e. The van der Waals surface area contributed by atoms with E-state index in [-0.39, 0.29) is 11.3 Å². The van der Waals surface area contributed by atoms with Gasteiger partial charge in [0.15, 0.2) is 5.78 Å². The number of carbonyl (C=O) groups is 1. The Morgan fingerprint density at radius 1 is 1.44 bits per heavy atom. The number of alkyl halides is 1. The predicted octanol–water partition coefficient (Wildman–Crippen LogP) is 3.58. The van der Waals surface area contributed by atoms with E-state index in [2.05, 4.69) is 15.9 Å². The zero-order valence-electron chi connectivity index (χ0n) is 9.13. The number of rotatable bonds is 6. The summed E-state index contributed by atoms with van der Waals surface area (Å²) >= 11 is 3.32. The van der Waals surface area contributed by atoms with Crippen molar-refractivity contribution in [1.29, 1.82) is 0 Å². The van der Waals surface area contributed by atoms with Crippen molar-refractivity contribution >= 4 is 21.7 Å². The second kappa shape index (κ2) is 6.63. The van der Waals surface area contributed by atoms with E-state index in [0.717, 1.165) is 18.2 Å². The van der Waals surface area contributed by atoms with E-state index in [1.807, 2.05) is 0 Å². The smallest absolute Gasteiger partial charge is 0.162 e. The molecule has 16 heavy (non-hydrogen) atoms. The van der Waals surface area contributed by atoms with Gasteiger partial charge in [0.1, 0.15) is 11.6 Å². The topological polar surface area (TPSA) is 26.3 Å². The zero-order valence-corrected chi connectivity index (χ0v) is 10.7. The maximum Gasteiger partial charge on any atom is 0.162 e. The summed E-state index contributed by atoms with van der Waals surface area (Å²) in [6.07, 6.45) is 1.94. The monoisotopic (exact) mass is 288 g/mol. The van der Waals surface area contributed by atoms with Gasteiger partial charge >= 0.3 is 0 Å². The molecule has 0 aromatic heterocycles. The summed E-state index contributed by atoms with van der Waals surface area (Å²) < 4.78 is 18.7. The van der Waals surface area contributed by atoms with E-state index in [4.69, 9.17) is 4.74 Å². The number of Topliss-reactive ketones (excluding diaryl/α,β-unsaturated/α-hetero) is 1. The number of unbranched alkanes of at least 4 members (excludes halogenated alkanes) is 1. The number of halogens is 2. The van der Waals surface area contributed by atoms with Gasteiger partial charge in [0, 0.05) is 11.4 Å². The first-order valence-corrected chi connectivity index (χ1v) is 6.26. The Morgan fingerprint density at radius 2 is 2.19 bits per heavy atom. The van der Waals surface area contributed by atoms with Crippen LogP contribution in [0, 0.1) is 5.82 Å². The van der Waals surface area contributed by atoms with Crippen LogP contribution in [-0.2, 0) is 0 Å². The predicted molar refractivity (Wildman–Crippen MR) is 64.9 cm³/mol. The summed E-state index contributed by atoms with van der Waals surface area (Å²) in [4.78, 5) is 11.0. The SMILES string of the molecule is CC(=O)c1ccc(OCCCCBr)cc1F. The molecule has 0 saturated carbocycles. The molecule has 4 heteroatoms. The first-order valence-electron chi connectivity index (χ1n) is 5.14. The maximum absolute atomic E-state index is 13.4. The second-order valence-electron chi connectivity index (χ2n) is 3.44. The Kier molecular flexibility index (Phi) is 5.46. The van der Waals surface area contributed by atoms with Gasteiger partial charge in [-0.05, 0) is 31.9 Å². The lowest BCUT2D eigenvalue weighted by molar-refractivity contribution is 0.101. The molecule has 0 radical (unpaired) electrons. The third-order valence-electron chi connectivity index (χ3n) is 2.12. The van der Waals surface area contributed by atoms with Crippen LogP contribution in [-0.4, -0.2) is 17.7 Å². The summed E-state index contributed by atoms with van der Waals surface area (Å²) in [5.41, 5.74) is 0.104. The zero-order chi connectivity index (χ0) is 12.0. The molecule has 0 fully saturated rings. The molecule has 88 valence electrons. The molecule has 0 aliphatic rings. The van der Waals surface area contributed by atoms with Crippen LogP contribution in [0.2, 0.25) is 0 Å². The fourth-order valence-electron chi connectivity index (χ4n) is 1.26. The molecule has 0 N–H and O–H groups in total. The highest BCUT2D eigenvalue weighted by molar-refractivity contribution is 9.09. The van der Waals surface area contributed by atoms with Crippen molar-refractivity contribution < 1.29 is 13.9 Å². The molecule has 2 nitrogen and oxygen atoms in total. The molecule has 0 aliphatic heterocycles. The van der Waals surface area contributed by atoms with Gasteiger partial charge in [-0.1, -0.05) is 15.9 Å². The number of hydrogen-bond donors (Lipinski definition) is 0. The van der Waals surface area contributed by atoms with E-state index in [9.17, 15) is 9.18 Å². The van der Waals surface area contributed by atoms with Crippen LogP contribution >= 0.6 is 15.9 Å². The van der Waals surface area contributed by atoms with E-state index in [0.29, 0.717) is 12.4 Å². The fourth-order valence-corrected chi connectivity index (χ4v) is 1.65. The van der Waals surface area contributed by atoms with Crippen LogP contribution in [0.4, 0.5) is 4.39 Å². The van der Waals surface area contributed by atoms with E-state index < -0.39 is 5.82 Å². The molecule has 0 aliphatic carbocycles. The normalized spacial score (nSPS) is 10.2. The molecule has 1 rings (SSSR count). The molecule has 0 saturated heterocycles. The van der Waals surface area contributed by atoms with Gasteiger partial charge in [0.2, 0.25) is 0 Å². The third-order valence-corrected chi connectivity index (χ3v) is 2.68. The highest BCUT2D eigenvalue weighted by atomic mass is 79.9. The Hall–Kier alpha value is -0.900. The minimum absolute atomic E-state index is 0.104. The number of carbonyl (C=O) groups excluding carboxylic acids is 1. The molecule has 0 bridgehead atoms. The van der Waals surface area contributed by atoms with Crippen molar-refractivity contribution in [3.8, 4) is 5.75 Å². The average Bonchev–Trinajstić information content (AvgIpc) is 2.24. The van der Waals surface area contributed by atoms with Crippen molar-refractivity contribution in [2.45, 2.75) is 19.8 Å². The van der Waals surface area contributed by atoms with Crippen LogP contribution < -0.4 is 4.74 Å². The summed E-state index contributed by atoms with van der Waals surface area (Å²) in [6, 6.07) is 4.33. The summed E-state index contributed by atoms with van der Waals surface area (Å²) in [5.74, 6) is -0.328. The molecular weight excluding hydrogens is 275 g/mol. The van der Waals surface area contributed by atoms with Gasteiger partial charge in [-0.3, -0.25) is 4.79 Å². The lowest BCUT2D eigenvalue weighted by atomic mass is 10.1. The Labute approximate surface area is 103 Å². The minimum Gasteiger partial charge on any atom is -0.493 e. The number of ether oxygens (including phenoxy) is 1. The fraction of sp³-hybridized carbons (Fsp3) is 0.417. The Morgan fingerprint density at radius 3 is 2.75 bits per heavy atom. The molecule has 0 heterocycles. The first kappa shape index (κ1) is 13.2. The standard InChI is InChI=1S/C12H14BrFO2/c1-9(15)11-5-4-10(8-12(11)14)16-7-3-2-6-13/h4-5,8H,2-3,6-7H2,1H3. The minimum atomic E-state index is -0.523. The Balaban J connectivity index is 2.56. The lowest BCUT2D eigenvalue weighted by Gasteiger charge is -2.06. The van der Waals surface area contributed by atoms with Gasteiger partial charge in [0.25, 0.3) is 0 Å². The van der Waals surface area contributed by atoms with E-state index >= 15 is 0 Å². The van der Waals surface area contributed by atoms with Crippen molar-refractivity contribution in [3.63, 3.8) is 0 Å². The summed E-state index contributed by atoms with van der Waals surface area (Å²) in [5, 5.41) is 0.938. The van der Waals surface area contributed by atoms with Crippen molar-refractivity contribution in [3.05, 3.63) is 29.6 Å². The molecule has 1 aromatic rings. The number of benzene rings is 1. The quantitative estimate of drug-likeness (QED) is 0.454. The van der Waals surface area contributed by atoms with E-state index in [1.165, 1.54) is 19.1 Å².